The molecule has 0 atom stereocenters. The number of carbonyl (C=O) groups is 3. The third-order valence-electron chi connectivity index (χ3n) is 6.79. The van der Waals surface area contributed by atoms with Crippen LogP contribution in [0.15, 0.2) is 66.7 Å². The number of benzene rings is 3. The number of hydrogen-bond donors (Lipinski definition) is 1. The topological polar surface area (TPSA) is 83.7 Å². The number of halogens is 7. The first-order valence-electron chi connectivity index (χ1n) is 12.9. The normalized spacial score (nSPS) is 12.1. The molecule has 0 aliphatic carbocycles. The van der Waals surface area contributed by atoms with Crippen LogP contribution in [0, 0.1) is 13.8 Å². The van der Waals surface area contributed by atoms with Crippen LogP contribution in [0.1, 0.15) is 50.2 Å². The lowest BCUT2D eigenvalue weighted by Gasteiger charge is -2.32. The molecule has 0 unspecified atom stereocenters. The number of primary amides is 1. The van der Waals surface area contributed by atoms with E-state index in [1.54, 1.807) is 36.4 Å². The molecular formula is C30H28F7N3O3. The molecule has 0 fully saturated rings. The largest absolute Gasteiger partial charge is 0.435 e. The number of hydrogen-bond acceptors (Lipinski definition) is 3. The van der Waals surface area contributed by atoms with Gasteiger partial charge in [-0.15, -0.1) is 0 Å². The summed E-state index contributed by atoms with van der Waals surface area (Å²) in [6.07, 6.45) is -12.3. The molecule has 0 aliphatic rings. The van der Waals surface area contributed by atoms with Crippen molar-refractivity contribution in [3.63, 3.8) is 0 Å². The average molecular weight is 612 g/mol. The van der Waals surface area contributed by atoms with Gasteiger partial charge in [0, 0.05) is 48.1 Å². The van der Waals surface area contributed by atoms with Crippen LogP contribution in [0.3, 0.4) is 0 Å². The summed E-state index contributed by atoms with van der Waals surface area (Å²) >= 11 is 0. The predicted octanol–water partition coefficient (Wildman–Crippen LogP) is 6.78. The Balaban J connectivity index is 2.00. The van der Waals surface area contributed by atoms with Gasteiger partial charge >= 0.3 is 18.0 Å². The summed E-state index contributed by atoms with van der Waals surface area (Å²) < 4.78 is 94.7. The second kappa shape index (κ2) is 12.4. The molecule has 2 N–H and O–H groups in total. The van der Waals surface area contributed by atoms with Crippen molar-refractivity contribution >= 4 is 29.1 Å². The van der Waals surface area contributed by atoms with Gasteiger partial charge in [-0.3, -0.25) is 14.4 Å². The highest BCUT2D eigenvalue weighted by molar-refractivity contribution is 6.09. The minimum Gasteiger partial charge on any atom is -0.370 e. The Kier molecular flexibility index (Phi) is 9.57. The van der Waals surface area contributed by atoms with Crippen LogP contribution >= 0.6 is 0 Å². The van der Waals surface area contributed by atoms with Crippen molar-refractivity contribution in [2.24, 2.45) is 5.73 Å². The van der Waals surface area contributed by atoms with Crippen LogP contribution in [-0.2, 0) is 10.5 Å². The predicted molar refractivity (Wildman–Crippen MR) is 147 cm³/mol. The van der Waals surface area contributed by atoms with Gasteiger partial charge < -0.3 is 15.5 Å². The first kappa shape index (κ1) is 33.1. The molecular weight excluding hydrogens is 583 g/mol. The number of amides is 3. The van der Waals surface area contributed by atoms with Crippen molar-refractivity contribution in [1.29, 1.82) is 0 Å². The molecule has 0 saturated carbocycles. The highest BCUT2D eigenvalue weighted by Gasteiger charge is 2.73. The highest BCUT2D eigenvalue weighted by atomic mass is 19.4. The number of nitrogens with zero attached hydrogens (tertiary/aromatic N) is 2. The molecule has 0 spiro atoms. The molecule has 0 heterocycles. The van der Waals surface area contributed by atoms with Crippen LogP contribution in [0.25, 0.3) is 0 Å². The summed E-state index contributed by atoms with van der Waals surface area (Å²) in [6.45, 7) is 2.41. The standard InChI is InChI=1S/C30H28F7N3O3/c1-18-15-22(28(31,29(32,33)34)30(35,36)37)16-19(2)25(18)39(3)26(42)21-11-7-12-23(17-21)40(14-8-13-24(38)41)27(43)20-9-5-4-6-10-20/h4-7,9-12,15-17H,8,13-14H2,1-3H3,(H2,38,41). The summed E-state index contributed by atoms with van der Waals surface area (Å²) in [5, 5.41) is 0. The maximum absolute atomic E-state index is 14.7. The molecule has 43 heavy (non-hydrogen) atoms. The smallest absolute Gasteiger partial charge is 0.370 e. The van der Waals surface area contributed by atoms with Crippen LogP contribution < -0.4 is 15.5 Å². The van der Waals surface area contributed by atoms with Gasteiger partial charge in [-0.2, -0.15) is 26.3 Å². The minimum atomic E-state index is -6.28. The molecule has 13 heteroatoms. The van der Waals surface area contributed by atoms with Crippen molar-refractivity contribution in [1.82, 2.24) is 0 Å². The van der Waals surface area contributed by atoms with Gasteiger partial charge in [0.1, 0.15) is 0 Å². The van der Waals surface area contributed by atoms with Crippen LogP contribution in [-0.4, -0.2) is 43.7 Å². The van der Waals surface area contributed by atoms with Crippen molar-refractivity contribution in [2.45, 2.75) is 44.7 Å². The van der Waals surface area contributed by atoms with Gasteiger partial charge in [-0.1, -0.05) is 36.4 Å². The molecule has 3 rings (SSSR count). The Hall–Kier alpha value is -4.42. The number of rotatable bonds is 9. The van der Waals surface area contributed by atoms with Gasteiger partial charge in [0.15, 0.2) is 0 Å². The second-order valence-corrected chi connectivity index (χ2v) is 9.92. The van der Waals surface area contributed by atoms with Gasteiger partial charge in [-0.05, 0) is 61.7 Å². The van der Waals surface area contributed by atoms with Crippen molar-refractivity contribution in [3.8, 4) is 0 Å². The molecule has 0 aromatic heterocycles. The Bertz CT molecular complexity index is 1470. The maximum atomic E-state index is 14.7. The van der Waals surface area contributed by atoms with Gasteiger partial charge in [0.05, 0.1) is 0 Å². The molecule has 3 aromatic carbocycles. The fourth-order valence-electron chi connectivity index (χ4n) is 4.77. The van der Waals surface area contributed by atoms with E-state index in [1.807, 2.05) is 0 Å². The van der Waals surface area contributed by atoms with E-state index in [0.29, 0.717) is 23.4 Å². The van der Waals surface area contributed by atoms with E-state index >= 15 is 0 Å². The quantitative estimate of drug-likeness (QED) is 0.271. The lowest BCUT2D eigenvalue weighted by molar-refractivity contribution is -0.348. The zero-order valence-corrected chi connectivity index (χ0v) is 23.3. The summed E-state index contributed by atoms with van der Waals surface area (Å²) in [7, 11) is 1.26. The summed E-state index contributed by atoms with van der Waals surface area (Å²) in [5.41, 5.74) is -1.81. The monoisotopic (exact) mass is 611 g/mol. The summed E-state index contributed by atoms with van der Waals surface area (Å²) in [4.78, 5) is 40.5. The maximum Gasteiger partial charge on any atom is 0.435 e. The third kappa shape index (κ3) is 6.81. The van der Waals surface area contributed by atoms with E-state index in [9.17, 15) is 45.1 Å². The highest BCUT2D eigenvalue weighted by Crippen LogP contribution is 2.54. The Morgan fingerprint density at radius 3 is 1.79 bits per heavy atom. The van der Waals surface area contributed by atoms with Gasteiger partial charge in [-0.25, -0.2) is 4.39 Å². The van der Waals surface area contributed by atoms with Crippen molar-refractivity contribution in [2.75, 3.05) is 23.4 Å². The van der Waals surface area contributed by atoms with E-state index in [4.69, 9.17) is 5.73 Å². The number of alkyl halides is 7. The zero-order chi connectivity index (χ0) is 32.3. The van der Waals surface area contributed by atoms with Crippen LogP contribution in [0.4, 0.5) is 42.1 Å². The number of anilines is 2. The van der Waals surface area contributed by atoms with E-state index in [2.05, 4.69) is 0 Å². The molecule has 3 amide bonds. The first-order valence-corrected chi connectivity index (χ1v) is 12.9. The first-order chi connectivity index (χ1) is 19.9. The fraction of sp³-hybridized carbons (Fsp3) is 0.300. The molecule has 3 aromatic rings. The van der Waals surface area contributed by atoms with Crippen molar-refractivity contribution in [3.05, 3.63) is 94.5 Å². The Morgan fingerprint density at radius 1 is 0.744 bits per heavy atom. The fourth-order valence-corrected chi connectivity index (χ4v) is 4.77. The van der Waals surface area contributed by atoms with Crippen LogP contribution in [0.2, 0.25) is 0 Å². The van der Waals surface area contributed by atoms with E-state index < -0.39 is 41.3 Å². The number of aryl methyl sites for hydroxylation is 2. The SMILES string of the molecule is Cc1cc(C(F)(C(F)(F)F)C(F)(F)F)cc(C)c1N(C)C(=O)c1cccc(N(CCCC(N)=O)C(=O)c2ccccc2)c1. The number of carbonyl (C=O) groups excluding carboxylic acids is 3. The Morgan fingerprint density at radius 2 is 1.28 bits per heavy atom. The van der Waals surface area contributed by atoms with Crippen LogP contribution in [0.5, 0.6) is 0 Å². The molecule has 0 radical (unpaired) electrons. The summed E-state index contributed by atoms with van der Waals surface area (Å²) in [5.74, 6) is -1.69. The molecule has 6 nitrogen and oxygen atoms in total. The van der Waals surface area contributed by atoms with Gasteiger partial charge in [0.2, 0.25) is 5.91 Å². The molecule has 230 valence electrons. The summed E-state index contributed by atoms with van der Waals surface area (Å²) in [6, 6.07) is 14.9. The lowest BCUT2D eigenvalue weighted by Crippen LogP contribution is -2.50. The van der Waals surface area contributed by atoms with E-state index in [1.165, 1.54) is 30.1 Å². The average Bonchev–Trinajstić information content (AvgIpc) is 2.92. The lowest BCUT2D eigenvalue weighted by atomic mass is 9.90. The van der Waals surface area contributed by atoms with Gasteiger partial charge in [0.25, 0.3) is 11.8 Å². The third-order valence-corrected chi connectivity index (χ3v) is 6.79. The van der Waals surface area contributed by atoms with E-state index in [0.717, 1.165) is 18.7 Å². The zero-order valence-electron chi connectivity index (χ0n) is 23.3. The molecule has 0 saturated heterocycles. The van der Waals surface area contributed by atoms with Crippen molar-refractivity contribution < 1.29 is 45.1 Å². The Labute approximate surface area is 242 Å². The minimum absolute atomic E-state index is 0.00266. The molecule has 0 bridgehead atoms. The second-order valence-electron chi connectivity index (χ2n) is 9.92. The van der Waals surface area contributed by atoms with E-state index in [-0.39, 0.29) is 41.8 Å². The molecule has 0 aliphatic heterocycles. The number of nitrogens with two attached hydrogens (primary N) is 1.